The van der Waals surface area contributed by atoms with Crippen LogP contribution in [0.1, 0.15) is 31.0 Å². The number of thiazole rings is 1. The van der Waals surface area contributed by atoms with Gasteiger partial charge in [-0.2, -0.15) is 0 Å². The summed E-state index contributed by atoms with van der Waals surface area (Å²) in [5.41, 5.74) is 1.67. The third-order valence-corrected chi connectivity index (χ3v) is 7.19. The zero-order valence-corrected chi connectivity index (χ0v) is 21.7. The van der Waals surface area contributed by atoms with Crippen molar-refractivity contribution < 1.29 is 24.2 Å². The van der Waals surface area contributed by atoms with Gasteiger partial charge in [0, 0.05) is 10.6 Å². The lowest BCUT2D eigenvalue weighted by Gasteiger charge is -2.23. The summed E-state index contributed by atoms with van der Waals surface area (Å²) >= 11 is 7.40. The predicted molar refractivity (Wildman–Crippen MR) is 145 cm³/mol. The molecule has 9 heteroatoms. The molecule has 1 aromatic heterocycles. The second kappa shape index (κ2) is 10.2. The number of hydrogen-bond donors (Lipinski definition) is 1. The van der Waals surface area contributed by atoms with Gasteiger partial charge < -0.3 is 14.6 Å². The topological polar surface area (TPSA) is 89.0 Å². The molecule has 2 heterocycles. The quantitative estimate of drug-likeness (QED) is 0.168. The Hall–Kier alpha value is -3.88. The van der Waals surface area contributed by atoms with Crippen molar-refractivity contribution in [2.45, 2.75) is 19.9 Å². The highest BCUT2D eigenvalue weighted by Gasteiger charge is 2.48. The van der Waals surface area contributed by atoms with Crippen LogP contribution in [-0.2, 0) is 9.59 Å². The maximum atomic E-state index is 13.4. The maximum Gasteiger partial charge on any atom is 0.301 e. The Balaban J connectivity index is 1.66. The molecule has 7 nitrogen and oxygen atoms in total. The zero-order chi connectivity index (χ0) is 26.1. The first-order valence-electron chi connectivity index (χ1n) is 11.7. The summed E-state index contributed by atoms with van der Waals surface area (Å²) in [6.45, 7) is 4.77. The van der Waals surface area contributed by atoms with Crippen LogP contribution in [-0.4, -0.2) is 35.0 Å². The molecule has 1 saturated heterocycles. The number of carbonyl (C=O) groups is 2. The first-order chi connectivity index (χ1) is 17.9. The van der Waals surface area contributed by atoms with E-state index in [1.807, 2.05) is 13.8 Å². The fraction of sp³-hybridized carbons (Fsp3) is 0.179. The molecular formula is C28H23ClN2O5S. The number of aliphatic hydroxyl groups is 1. The lowest BCUT2D eigenvalue weighted by atomic mass is 9.95. The molecule has 188 valence electrons. The van der Waals surface area contributed by atoms with Crippen LogP contribution in [0, 0.1) is 0 Å². The molecule has 1 N–H and O–H groups in total. The summed E-state index contributed by atoms with van der Waals surface area (Å²) in [4.78, 5) is 32.8. The minimum Gasteiger partial charge on any atom is -0.507 e. The number of aliphatic hydroxyl groups excluding tert-OH is 1. The summed E-state index contributed by atoms with van der Waals surface area (Å²) < 4.78 is 11.8. The van der Waals surface area contributed by atoms with Gasteiger partial charge in [-0.3, -0.25) is 14.5 Å². The Morgan fingerprint density at radius 1 is 0.973 bits per heavy atom. The Bertz CT molecular complexity index is 1510. The summed E-state index contributed by atoms with van der Waals surface area (Å²) in [6, 6.07) is 18.2. The van der Waals surface area contributed by atoms with Crippen LogP contribution >= 0.6 is 22.9 Å². The summed E-state index contributed by atoms with van der Waals surface area (Å²) in [7, 11) is 0. The molecule has 1 unspecified atom stereocenters. The van der Waals surface area contributed by atoms with Crippen LogP contribution in [0.15, 0.2) is 72.3 Å². The van der Waals surface area contributed by atoms with Crippen molar-refractivity contribution >= 4 is 55.7 Å². The number of halogens is 1. The number of Topliss-reactive ketones (excluding diaryl/α,β-unsaturated/α-hetero) is 1. The number of rotatable bonds is 7. The standard InChI is InChI=1S/C28H23ClN2O5S/c1-3-35-19-10-5-16(6-11-19)24-23(25(32)17-7-12-20(13-8-17)36-4-2)26(33)27(34)31(24)28-30-21-14-9-18(29)15-22(21)37-28/h5-15,24,32H,3-4H2,1-2H3. The van der Waals surface area contributed by atoms with Crippen LogP contribution in [0.5, 0.6) is 11.5 Å². The van der Waals surface area contributed by atoms with E-state index in [2.05, 4.69) is 4.98 Å². The molecule has 1 fully saturated rings. The number of benzene rings is 3. The summed E-state index contributed by atoms with van der Waals surface area (Å²) in [5.74, 6) is -0.536. The molecular weight excluding hydrogens is 512 g/mol. The minimum absolute atomic E-state index is 0.0180. The number of ether oxygens (including phenoxy) is 2. The molecule has 1 aliphatic rings. The van der Waals surface area contributed by atoms with E-state index < -0.39 is 17.7 Å². The maximum absolute atomic E-state index is 13.4. The molecule has 3 aromatic carbocycles. The van der Waals surface area contributed by atoms with Crippen molar-refractivity contribution in [3.05, 3.63) is 88.5 Å². The van der Waals surface area contributed by atoms with Crippen LogP contribution < -0.4 is 14.4 Å². The molecule has 0 saturated carbocycles. The summed E-state index contributed by atoms with van der Waals surface area (Å²) in [5, 5.41) is 12.2. The van der Waals surface area contributed by atoms with E-state index in [4.69, 9.17) is 21.1 Å². The molecule has 0 radical (unpaired) electrons. The first-order valence-corrected chi connectivity index (χ1v) is 12.9. The molecule has 0 aliphatic carbocycles. The second-order valence-electron chi connectivity index (χ2n) is 8.24. The normalized spacial score (nSPS) is 16.9. The van der Waals surface area contributed by atoms with E-state index >= 15 is 0 Å². The number of fused-ring (bicyclic) bond motifs is 1. The van der Waals surface area contributed by atoms with Gasteiger partial charge in [-0.25, -0.2) is 4.98 Å². The van der Waals surface area contributed by atoms with E-state index in [0.29, 0.717) is 51.5 Å². The average Bonchev–Trinajstić information content (AvgIpc) is 3.42. The zero-order valence-electron chi connectivity index (χ0n) is 20.1. The van der Waals surface area contributed by atoms with Gasteiger partial charge >= 0.3 is 5.91 Å². The van der Waals surface area contributed by atoms with Crippen molar-refractivity contribution in [1.82, 2.24) is 4.98 Å². The Labute approximate surface area is 222 Å². The van der Waals surface area contributed by atoms with Crippen LogP contribution in [0.25, 0.3) is 16.0 Å². The van der Waals surface area contributed by atoms with Gasteiger partial charge in [-0.05, 0) is 74.0 Å². The van der Waals surface area contributed by atoms with Gasteiger partial charge in [0.15, 0.2) is 5.13 Å². The van der Waals surface area contributed by atoms with Crippen molar-refractivity contribution in [2.75, 3.05) is 18.1 Å². The molecule has 0 bridgehead atoms. The molecule has 1 aliphatic heterocycles. The van der Waals surface area contributed by atoms with Crippen LogP contribution in [0.3, 0.4) is 0 Å². The predicted octanol–water partition coefficient (Wildman–Crippen LogP) is 6.37. The lowest BCUT2D eigenvalue weighted by Crippen LogP contribution is -2.29. The van der Waals surface area contributed by atoms with Gasteiger partial charge in [0.25, 0.3) is 5.78 Å². The average molecular weight is 535 g/mol. The van der Waals surface area contributed by atoms with Gasteiger partial charge in [0.2, 0.25) is 0 Å². The monoisotopic (exact) mass is 534 g/mol. The van der Waals surface area contributed by atoms with E-state index in [0.717, 1.165) is 4.70 Å². The molecule has 0 spiro atoms. The highest BCUT2D eigenvalue weighted by Crippen LogP contribution is 2.44. The Morgan fingerprint density at radius 2 is 1.59 bits per heavy atom. The largest absolute Gasteiger partial charge is 0.507 e. The third kappa shape index (κ3) is 4.65. The molecule has 37 heavy (non-hydrogen) atoms. The lowest BCUT2D eigenvalue weighted by molar-refractivity contribution is -0.132. The van der Waals surface area contributed by atoms with Crippen molar-refractivity contribution in [3.63, 3.8) is 0 Å². The van der Waals surface area contributed by atoms with Gasteiger partial charge in [0.05, 0.1) is 35.0 Å². The Morgan fingerprint density at radius 3 is 2.22 bits per heavy atom. The van der Waals surface area contributed by atoms with E-state index in [-0.39, 0.29) is 11.3 Å². The molecule has 4 aromatic rings. The fourth-order valence-electron chi connectivity index (χ4n) is 4.28. The molecule has 1 amide bonds. The van der Waals surface area contributed by atoms with E-state index in [1.54, 1.807) is 66.7 Å². The highest BCUT2D eigenvalue weighted by atomic mass is 35.5. The highest BCUT2D eigenvalue weighted by molar-refractivity contribution is 7.22. The number of hydrogen-bond acceptors (Lipinski definition) is 7. The second-order valence-corrected chi connectivity index (χ2v) is 9.68. The van der Waals surface area contributed by atoms with E-state index in [1.165, 1.54) is 16.2 Å². The summed E-state index contributed by atoms with van der Waals surface area (Å²) in [6.07, 6.45) is 0. The number of anilines is 1. The van der Waals surface area contributed by atoms with Gasteiger partial charge in [-0.1, -0.05) is 35.1 Å². The fourth-order valence-corrected chi connectivity index (χ4v) is 5.55. The van der Waals surface area contributed by atoms with E-state index in [9.17, 15) is 14.7 Å². The third-order valence-electron chi connectivity index (χ3n) is 5.94. The number of ketones is 1. The smallest absolute Gasteiger partial charge is 0.301 e. The number of amides is 1. The van der Waals surface area contributed by atoms with Crippen molar-refractivity contribution in [1.29, 1.82) is 0 Å². The van der Waals surface area contributed by atoms with Gasteiger partial charge in [0.1, 0.15) is 17.3 Å². The number of aromatic nitrogens is 1. The SMILES string of the molecule is CCOc1ccc(C(O)=C2C(=O)C(=O)N(c3nc4ccc(Cl)cc4s3)C2c2ccc(OCC)cc2)cc1. The Kier molecular flexibility index (Phi) is 6.86. The molecule has 1 atom stereocenters. The minimum atomic E-state index is -0.890. The molecule has 5 rings (SSSR count). The van der Waals surface area contributed by atoms with Crippen molar-refractivity contribution in [3.8, 4) is 11.5 Å². The number of carbonyl (C=O) groups excluding carboxylic acids is 2. The van der Waals surface area contributed by atoms with Gasteiger partial charge in [-0.15, -0.1) is 0 Å². The van der Waals surface area contributed by atoms with Crippen molar-refractivity contribution in [2.24, 2.45) is 0 Å². The first kappa shape index (κ1) is 24.8. The van der Waals surface area contributed by atoms with Crippen LogP contribution in [0.4, 0.5) is 5.13 Å². The van der Waals surface area contributed by atoms with Crippen LogP contribution in [0.2, 0.25) is 5.02 Å². The number of nitrogens with zero attached hydrogens (tertiary/aromatic N) is 2.